The van der Waals surface area contributed by atoms with Crippen LogP contribution in [0.3, 0.4) is 0 Å². The van der Waals surface area contributed by atoms with E-state index in [2.05, 4.69) is 15.6 Å². The molecule has 1 atom stereocenters. The largest absolute Gasteiger partial charge is 0.466 e. The maximum absolute atomic E-state index is 12.2. The molecule has 0 heterocycles. The second kappa shape index (κ2) is 13.9. The van der Waals surface area contributed by atoms with E-state index in [9.17, 15) is 9.00 Å². The highest BCUT2D eigenvalue weighted by Gasteiger charge is 2.27. The monoisotopic (exact) mass is 521 g/mol. The average molecular weight is 521 g/mol. The third kappa shape index (κ3) is 8.89. The minimum atomic E-state index is -0.905. The molecule has 2 N–H and O–H groups in total. The van der Waals surface area contributed by atoms with Crippen LogP contribution >= 0.6 is 24.0 Å². The molecule has 0 amide bonds. The summed E-state index contributed by atoms with van der Waals surface area (Å²) in [5.74, 6) is 1.83. The fourth-order valence-corrected chi connectivity index (χ4v) is 4.28. The quantitative estimate of drug-likeness (QED) is 0.238. The number of hydrogen-bond acceptors (Lipinski definition) is 4. The van der Waals surface area contributed by atoms with E-state index < -0.39 is 10.8 Å². The topological polar surface area (TPSA) is 79.8 Å². The van der Waals surface area contributed by atoms with Gasteiger partial charge in [-0.2, -0.15) is 0 Å². The average Bonchev–Trinajstić information content (AvgIpc) is 2.68. The molecule has 1 saturated carbocycles. The summed E-state index contributed by atoms with van der Waals surface area (Å²) in [5, 5.41) is 6.65. The number of nitrogens with zero attached hydrogens (tertiary/aromatic N) is 1. The molecule has 8 heteroatoms. The molecule has 0 aromatic heterocycles. The Labute approximate surface area is 187 Å². The molecule has 0 bridgehead atoms. The molecule has 28 heavy (non-hydrogen) atoms. The zero-order valence-corrected chi connectivity index (χ0v) is 19.8. The normalized spacial score (nSPS) is 20.6. The van der Waals surface area contributed by atoms with Gasteiger partial charge in [-0.05, 0) is 38.2 Å². The predicted molar refractivity (Wildman–Crippen MR) is 125 cm³/mol. The summed E-state index contributed by atoms with van der Waals surface area (Å²) in [5.41, 5.74) is 1.09. The third-order valence-electron chi connectivity index (χ3n) is 4.70. The highest BCUT2D eigenvalue weighted by molar-refractivity contribution is 14.0. The second-order valence-electron chi connectivity index (χ2n) is 6.72. The fraction of sp³-hybridized carbons (Fsp3) is 0.600. The van der Waals surface area contributed by atoms with Gasteiger partial charge in [-0.25, -0.2) is 0 Å². The highest BCUT2D eigenvalue weighted by Crippen LogP contribution is 2.25. The van der Waals surface area contributed by atoms with Crippen molar-refractivity contribution < 1.29 is 13.7 Å². The number of rotatable bonds is 8. The van der Waals surface area contributed by atoms with Crippen molar-refractivity contribution in [2.75, 3.05) is 26.0 Å². The summed E-state index contributed by atoms with van der Waals surface area (Å²) in [4.78, 5) is 16.1. The van der Waals surface area contributed by atoms with Gasteiger partial charge in [0.05, 0.1) is 12.5 Å². The van der Waals surface area contributed by atoms with Gasteiger partial charge >= 0.3 is 5.97 Å². The Balaban J connectivity index is 0.00000392. The Morgan fingerprint density at radius 1 is 1.21 bits per heavy atom. The van der Waals surface area contributed by atoms with Gasteiger partial charge in [-0.15, -0.1) is 24.0 Å². The molecule has 6 nitrogen and oxygen atoms in total. The van der Waals surface area contributed by atoms with E-state index in [1.54, 1.807) is 7.05 Å². The summed E-state index contributed by atoms with van der Waals surface area (Å²) in [6, 6.07) is 10.2. The first kappa shape index (κ1) is 24.9. The number of benzene rings is 1. The number of halogens is 1. The first-order valence-corrected chi connectivity index (χ1v) is 11.1. The van der Waals surface area contributed by atoms with Crippen molar-refractivity contribution in [3.05, 3.63) is 35.9 Å². The zero-order chi connectivity index (χ0) is 19.5. The molecular weight excluding hydrogens is 489 g/mol. The van der Waals surface area contributed by atoms with Crippen LogP contribution in [0.2, 0.25) is 0 Å². The smallest absolute Gasteiger partial charge is 0.308 e. The number of aliphatic imine (C=N–C) groups is 1. The van der Waals surface area contributed by atoms with E-state index in [1.165, 1.54) is 0 Å². The highest BCUT2D eigenvalue weighted by atomic mass is 127. The zero-order valence-electron chi connectivity index (χ0n) is 16.7. The van der Waals surface area contributed by atoms with E-state index >= 15 is 0 Å². The molecule has 1 aromatic carbocycles. The fourth-order valence-electron chi connectivity index (χ4n) is 3.24. The van der Waals surface area contributed by atoms with Crippen molar-refractivity contribution in [3.63, 3.8) is 0 Å². The maximum Gasteiger partial charge on any atom is 0.308 e. The Morgan fingerprint density at radius 3 is 2.50 bits per heavy atom. The first-order chi connectivity index (χ1) is 13.1. The van der Waals surface area contributed by atoms with Gasteiger partial charge < -0.3 is 15.4 Å². The van der Waals surface area contributed by atoms with Crippen molar-refractivity contribution >= 4 is 46.7 Å². The first-order valence-electron chi connectivity index (χ1n) is 9.65. The van der Waals surface area contributed by atoms with Gasteiger partial charge in [0.25, 0.3) is 0 Å². The number of guanidine groups is 1. The lowest BCUT2D eigenvalue weighted by Gasteiger charge is -2.29. The van der Waals surface area contributed by atoms with Gasteiger partial charge in [0, 0.05) is 41.9 Å². The molecule has 0 radical (unpaired) electrons. The molecule has 1 aliphatic rings. The molecule has 1 fully saturated rings. The third-order valence-corrected chi connectivity index (χ3v) is 6.02. The SMILES string of the molecule is CCOC(=O)C1CCC(NC(=NC)NCCS(=O)Cc2ccccc2)CC1.I. The maximum atomic E-state index is 12.2. The Kier molecular flexibility index (Phi) is 12.4. The van der Waals surface area contributed by atoms with Crippen molar-refractivity contribution in [2.24, 2.45) is 10.9 Å². The van der Waals surface area contributed by atoms with Crippen LogP contribution in [0.4, 0.5) is 0 Å². The van der Waals surface area contributed by atoms with Crippen LogP contribution in [-0.4, -0.2) is 48.1 Å². The van der Waals surface area contributed by atoms with Crippen LogP contribution in [0, 0.1) is 5.92 Å². The number of carbonyl (C=O) groups excluding carboxylic acids is 1. The lowest BCUT2D eigenvalue weighted by molar-refractivity contribution is -0.149. The minimum Gasteiger partial charge on any atom is -0.466 e. The molecule has 2 rings (SSSR count). The van der Waals surface area contributed by atoms with Crippen LogP contribution in [0.1, 0.15) is 38.2 Å². The Morgan fingerprint density at radius 2 is 1.89 bits per heavy atom. The van der Waals surface area contributed by atoms with Crippen molar-refractivity contribution in [3.8, 4) is 0 Å². The summed E-state index contributed by atoms with van der Waals surface area (Å²) in [6.45, 7) is 2.89. The number of carbonyl (C=O) groups is 1. The lowest BCUT2D eigenvalue weighted by Crippen LogP contribution is -2.46. The van der Waals surface area contributed by atoms with E-state index in [0.29, 0.717) is 30.7 Å². The van der Waals surface area contributed by atoms with E-state index in [1.807, 2.05) is 37.3 Å². The Hall–Kier alpha value is -1.16. The summed E-state index contributed by atoms with van der Waals surface area (Å²) in [7, 11) is 0.832. The number of hydrogen-bond donors (Lipinski definition) is 2. The molecule has 1 unspecified atom stereocenters. The summed E-state index contributed by atoms with van der Waals surface area (Å²) < 4.78 is 17.3. The number of esters is 1. The molecule has 1 aromatic rings. The second-order valence-corrected chi connectivity index (χ2v) is 8.29. The number of nitrogens with one attached hydrogen (secondary N) is 2. The van der Waals surface area contributed by atoms with E-state index in [4.69, 9.17) is 4.74 Å². The van der Waals surface area contributed by atoms with Gasteiger partial charge in [0.2, 0.25) is 0 Å². The van der Waals surface area contributed by atoms with Crippen molar-refractivity contribution in [1.82, 2.24) is 10.6 Å². The van der Waals surface area contributed by atoms with Crippen LogP contribution in [0.25, 0.3) is 0 Å². The van der Waals surface area contributed by atoms with Crippen molar-refractivity contribution in [2.45, 2.75) is 44.4 Å². The molecule has 158 valence electrons. The predicted octanol–water partition coefficient (Wildman–Crippen LogP) is 2.84. The van der Waals surface area contributed by atoms with E-state index in [0.717, 1.165) is 37.2 Å². The van der Waals surface area contributed by atoms with Gasteiger partial charge in [-0.1, -0.05) is 30.3 Å². The number of ether oxygens (including phenoxy) is 1. The van der Waals surface area contributed by atoms with Crippen LogP contribution in [0.15, 0.2) is 35.3 Å². The minimum absolute atomic E-state index is 0. The van der Waals surface area contributed by atoms with Crippen LogP contribution < -0.4 is 10.6 Å². The standard InChI is InChI=1S/C20H31N3O3S.HI/c1-3-26-19(24)17-9-11-18(12-10-17)23-20(21-2)22-13-14-27(25)15-16-7-5-4-6-8-16;/h4-8,17-18H,3,9-15H2,1-2H3,(H2,21,22,23);1H. The molecule has 0 saturated heterocycles. The summed E-state index contributed by atoms with van der Waals surface area (Å²) >= 11 is 0. The van der Waals surface area contributed by atoms with Crippen LogP contribution in [-0.2, 0) is 26.1 Å². The van der Waals surface area contributed by atoms with Crippen molar-refractivity contribution in [1.29, 1.82) is 0 Å². The molecule has 0 aliphatic heterocycles. The van der Waals surface area contributed by atoms with Crippen LogP contribution in [0.5, 0.6) is 0 Å². The lowest BCUT2D eigenvalue weighted by atomic mass is 9.86. The molecule has 1 aliphatic carbocycles. The van der Waals surface area contributed by atoms with E-state index in [-0.39, 0.29) is 35.9 Å². The van der Waals surface area contributed by atoms with Gasteiger partial charge in [0.15, 0.2) is 5.96 Å². The molecular formula is C20H32IN3O3S. The molecule has 0 spiro atoms. The van der Waals surface area contributed by atoms with Gasteiger partial charge in [0.1, 0.15) is 0 Å². The summed E-state index contributed by atoms with van der Waals surface area (Å²) in [6.07, 6.45) is 3.53. The Bertz CT molecular complexity index is 635. The van der Waals surface area contributed by atoms with Gasteiger partial charge in [-0.3, -0.25) is 14.0 Å².